The molecule has 96 valence electrons. The van der Waals surface area contributed by atoms with Crippen molar-refractivity contribution < 1.29 is 4.39 Å². The van der Waals surface area contributed by atoms with Gasteiger partial charge in [0.1, 0.15) is 11.5 Å². The molecule has 0 atom stereocenters. The van der Waals surface area contributed by atoms with Gasteiger partial charge in [-0.2, -0.15) is 5.10 Å². The van der Waals surface area contributed by atoms with Crippen LogP contribution in [0.1, 0.15) is 24.6 Å². The SMILES string of the molecule is CCCNCc1ccc(-n2ccc(C)n2)c(F)c1. The second-order valence-corrected chi connectivity index (χ2v) is 4.36. The summed E-state index contributed by atoms with van der Waals surface area (Å²) < 4.78 is 15.5. The number of aryl methyl sites for hydroxylation is 1. The fourth-order valence-corrected chi connectivity index (χ4v) is 1.80. The maximum atomic E-state index is 14.0. The molecule has 2 aromatic rings. The number of nitrogens with zero attached hydrogens (tertiary/aromatic N) is 2. The second kappa shape index (κ2) is 5.78. The van der Waals surface area contributed by atoms with Gasteiger partial charge in [-0.3, -0.25) is 0 Å². The lowest BCUT2D eigenvalue weighted by molar-refractivity contribution is 0.603. The minimum atomic E-state index is -0.242. The first kappa shape index (κ1) is 12.8. The van der Waals surface area contributed by atoms with E-state index in [0.29, 0.717) is 12.2 Å². The molecule has 0 saturated heterocycles. The van der Waals surface area contributed by atoms with Gasteiger partial charge < -0.3 is 5.32 Å². The zero-order valence-electron chi connectivity index (χ0n) is 10.8. The van der Waals surface area contributed by atoms with E-state index in [1.54, 1.807) is 23.0 Å². The van der Waals surface area contributed by atoms with Gasteiger partial charge in [-0.1, -0.05) is 13.0 Å². The summed E-state index contributed by atoms with van der Waals surface area (Å²) in [7, 11) is 0. The average molecular weight is 247 g/mol. The standard InChI is InChI=1S/C14H18FN3/c1-3-7-16-10-12-4-5-14(13(15)9-12)18-8-6-11(2)17-18/h4-6,8-9,16H,3,7,10H2,1-2H3. The van der Waals surface area contributed by atoms with Crippen molar-refractivity contribution in [2.75, 3.05) is 6.54 Å². The summed E-state index contributed by atoms with van der Waals surface area (Å²) in [6, 6.07) is 7.12. The molecule has 0 amide bonds. The van der Waals surface area contributed by atoms with Gasteiger partial charge >= 0.3 is 0 Å². The molecule has 1 aromatic heterocycles. The molecule has 0 unspecified atom stereocenters. The van der Waals surface area contributed by atoms with E-state index in [4.69, 9.17) is 0 Å². The fraction of sp³-hybridized carbons (Fsp3) is 0.357. The summed E-state index contributed by atoms with van der Waals surface area (Å²) in [4.78, 5) is 0. The highest BCUT2D eigenvalue weighted by Crippen LogP contribution is 2.15. The van der Waals surface area contributed by atoms with Crippen LogP contribution in [0.5, 0.6) is 0 Å². The number of aromatic nitrogens is 2. The Kier molecular flexibility index (Phi) is 4.10. The van der Waals surface area contributed by atoms with Gasteiger partial charge in [0.15, 0.2) is 0 Å². The van der Waals surface area contributed by atoms with E-state index in [0.717, 1.165) is 24.2 Å². The molecule has 0 fully saturated rings. The molecule has 0 spiro atoms. The van der Waals surface area contributed by atoms with E-state index in [9.17, 15) is 4.39 Å². The zero-order chi connectivity index (χ0) is 13.0. The minimum absolute atomic E-state index is 0.242. The Morgan fingerprint density at radius 2 is 2.17 bits per heavy atom. The van der Waals surface area contributed by atoms with Crippen molar-refractivity contribution >= 4 is 0 Å². The predicted molar refractivity (Wildman–Crippen MR) is 70.3 cm³/mol. The Hall–Kier alpha value is -1.68. The van der Waals surface area contributed by atoms with Crippen molar-refractivity contribution in [2.45, 2.75) is 26.8 Å². The van der Waals surface area contributed by atoms with E-state index < -0.39 is 0 Å². The molecule has 0 aliphatic heterocycles. The Morgan fingerprint density at radius 1 is 1.33 bits per heavy atom. The first-order chi connectivity index (χ1) is 8.70. The van der Waals surface area contributed by atoms with Crippen LogP contribution in [0.3, 0.4) is 0 Å². The second-order valence-electron chi connectivity index (χ2n) is 4.36. The van der Waals surface area contributed by atoms with E-state index in [1.807, 2.05) is 19.1 Å². The largest absolute Gasteiger partial charge is 0.313 e. The number of benzene rings is 1. The van der Waals surface area contributed by atoms with Gasteiger partial charge in [-0.05, 0) is 43.7 Å². The summed E-state index contributed by atoms with van der Waals surface area (Å²) in [5, 5.41) is 7.46. The number of nitrogens with one attached hydrogen (secondary N) is 1. The van der Waals surface area contributed by atoms with Gasteiger partial charge in [-0.25, -0.2) is 9.07 Å². The molecular weight excluding hydrogens is 229 g/mol. The van der Waals surface area contributed by atoms with Crippen molar-refractivity contribution in [2.24, 2.45) is 0 Å². The molecule has 0 saturated carbocycles. The van der Waals surface area contributed by atoms with Crippen molar-refractivity contribution in [3.63, 3.8) is 0 Å². The Labute approximate surface area is 107 Å². The van der Waals surface area contributed by atoms with Gasteiger partial charge in [0.05, 0.1) is 5.69 Å². The molecular formula is C14H18FN3. The molecule has 0 radical (unpaired) electrons. The molecule has 1 aromatic carbocycles. The Bertz CT molecular complexity index is 520. The van der Waals surface area contributed by atoms with Gasteiger partial charge in [0, 0.05) is 12.7 Å². The summed E-state index contributed by atoms with van der Waals surface area (Å²) in [6.45, 7) is 5.64. The highest BCUT2D eigenvalue weighted by molar-refractivity contribution is 5.36. The van der Waals surface area contributed by atoms with Crippen LogP contribution in [0, 0.1) is 12.7 Å². The van der Waals surface area contributed by atoms with E-state index in [1.165, 1.54) is 0 Å². The van der Waals surface area contributed by atoms with E-state index >= 15 is 0 Å². The van der Waals surface area contributed by atoms with Crippen LogP contribution in [0.4, 0.5) is 4.39 Å². The Morgan fingerprint density at radius 3 is 2.78 bits per heavy atom. The van der Waals surface area contributed by atoms with Crippen LogP contribution < -0.4 is 5.32 Å². The maximum absolute atomic E-state index is 14.0. The summed E-state index contributed by atoms with van der Waals surface area (Å²) >= 11 is 0. The van der Waals surface area contributed by atoms with Gasteiger partial charge in [-0.15, -0.1) is 0 Å². The molecule has 0 bridgehead atoms. The Balaban J connectivity index is 2.15. The third kappa shape index (κ3) is 2.96. The maximum Gasteiger partial charge on any atom is 0.149 e. The van der Waals surface area contributed by atoms with Crippen molar-refractivity contribution in [1.29, 1.82) is 0 Å². The third-order valence-electron chi connectivity index (χ3n) is 2.74. The predicted octanol–water partition coefficient (Wildman–Crippen LogP) is 2.82. The lowest BCUT2D eigenvalue weighted by atomic mass is 10.2. The molecule has 1 heterocycles. The number of hydrogen-bond donors (Lipinski definition) is 1. The lowest BCUT2D eigenvalue weighted by Crippen LogP contribution is -2.14. The van der Waals surface area contributed by atoms with Crippen LogP contribution in [0.15, 0.2) is 30.5 Å². The summed E-state index contributed by atoms with van der Waals surface area (Å²) in [5.41, 5.74) is 2.32. The van der Waals surface area contributed by atoms with Crippen LogP contribution in [0.25, 0.3) is 5.69 Å². The first-order valence-electron chi connectivity index (χ1n) is 6.22. The van der Waals surface area contributed by atoms with E-state index in [2.05, 4.69) is 17.3 Å². The number of hydrogen-bond acceptors (Lipinski definition) is 2. The molecule has 3 nitrogen and oxygen atoms in total. The summed E-state index contributed by atoms with van der Waals surface area (Å²) in [6.07, 6.45) is 2.84. The smallest absolute Gasteiger partial charge is 0.149 e. The molecule has 18 heavy (non-hydrogen) atoms. The van der Waals surface area contributed by atoms with Gasteiger partial charge in [0.25, 0.3) is 0 Å². The minimum Gasteiger partial charge on any atom is -0.313 e. The molecule has 4 heteroatoms. The molecule has 0 aliphatic carbocycles. The quantitative estimate of drug-likeness (QED) is 0.823. The first-order valence-corrected chi connectivity index (χ1v) is 6.22. The monoisotopic (exact) mass is 247 g/mol. The highest BCUT2D eigenvalue weighted by atomic mass is 19.1. The average Bonchev–Trinajstić information content (AvgIpc) is 2.76. The topological polar surface area (TPSA) is 29.9 Å². The molecule has 0 aliphatic rings. The van der Waals surface area contributed by atoms with Crippen molar-refractivity contribution in [1.82, 2.24) is 15.1 Å². The normalized spacial score (nSPS) is 10.8. The lowest BCUT2D eigenvalue weighted by Gasteiger charge is -2.07. The third-order valence-corrected chi connectivity index (χ3v) is 2.74. The summed E-state index contributed by atoms with van der Waals surface area (Å²) in [5.74, 6) is -0.242. The van der Waals surface area contributed by atoms with Crippen LogP contribution in [-0.4, -0.2) is 16.3 Å². The van der Waals surface area contributed by atoms with Crippen LogP contribution in [0.2, 0.25) is 0 Å². The van der Waals surface area contributed by atoms with Crippen molar-refractivity contribution in [3.8, 4) is 5.69 Å². The van der Waals surface area contributed by atoms with E-state index in [-0.39, 0.29) is 5.82 Å². The van der Waals surface area contributed by atoms with Crippen molar-refractivity contribution in [3.05, 3.63) is 47.5 Å². The zero-order valence-corrected chi connectivity index (χ0v) is 10.8. The fourth-order valence-electron chi connectivity index (χ4n) is 1.80. The number of halogens is 1. The van der Waals surface area contributed by atoms with Crippen LogP contribution >= 0.6 is 0 Å². The van der Waals surface area contributed by atoms with Crippen LogP contribution in [-0.2, 0) is 6.54 Å². The number of rotatable bonds is 5. The molecule has 1 N–H and O–H groups in total. The van der Waals surface area contributed by atoms with Gasteiger partial charge in [0.2, 0.25) is 0 Å². The highest BCUT2D eigenvalue weighted by Gasteiger charge is 2.06. The molecule has 2 rings (SSSR count).